The van der Waals surface area contributed by atoms with Gasteiger partial charge in [0.2, 0.25) is 0 Å². The van der Waals surface area contributed by atoms with Crippen LogP contribution < -0.4 is 4.74 Å². The number of halogens is 3. The van der Waals surface area contributed by atoms with E-state index in [0.29, 0.717) is 26.5 Å². The number of esters is 1. The van der Waals surface area contributed by atoms with Crippen LogP contribution >= 0.6 is 46.3 Å². The lowest BCUT2D eigenvalue weighted by Gasteiger charge is -2.10. The first-order chi connectivity index (χ1) is 10.9. The molecule has 0 N–H and O–H groups in total. The molecule has 1 aromatic heterocycles. The zero-order chi connectivity index (χ0) is 16.6. The number of rotatable bonds is 3. The highest BCUT2D eigenvalue weighted by Crippen LogP contribution is 2.32. The molecule has 23 heavy (non-hydrogen) atoms. The van der Waals surface area contributed by atoms with E-state index in [4.69, 9.17) is 39.5 Å². The summed E-state index contributed by atoms with van der Waals surface area (Å²) in [6.07, 6.45) is 0. The van der Waals surface area contributed by atoms with E-state index in [1.807, 2.05) is 12.1 Å². The molecule has 0 saturated heterocycles. The lowest BCUT2D eigenvalue weighted by Crippen LogP contribution is -2.16. The van der Waals surface area contributed by atoms with Crippen LogP contribution in [0.1, 0.15) is 18.5 Å². The number of carbonyl (C=O) groups excluding carboxylic acids is 1. The summed E-state index contributed by atoms with van der Waals surface area (Å²) in [6, 6.07) is 10.1. The van der Waals surface area contributed by atoms with E-state index in [2.05, 4.69) is 4.37 Å². The highest BCUT2D eigenvalue weighted by atomic mass is 35.5. The Balaban J connectivity index is 1.86. The molecule has 1 heterocycles. The number of carbonyl (C=O) groups is 1. The lowest BCUT2D eigenvalue weighted by molar-refractivity contribution is -0.135. The number of hydrogen-bond acceptors (Lipinski definition) is 4. The Kier molecular flexibility index (Phi) is 4.78. The van der Waals surface area contributed by atoms with Crippen LogP contribution in [-0.4, -0.2) is 10.3 Å². The average Bonchev–Trinajstić information content (AvgIpc) is 2.88. The van der Waals surface area contributed by atoms with Crippen molar-refractivity contribution in [1.29, 1.82) is 0 Å². The number of hydrogen-bond donors (Lipinski definition) is 0. The van der Waals surface area contributed by atoms with Gasteiger partial charge in [0, 0.05) is 20.5 Å². The maximum absolute atomic E-state index is 12.4. The Morgan fingerprint density at radius 2 is 1.78 bits per heavy atom. The molecule has 1 unspecified atom stereocenters. The van der Waals surface area contributed by atoms with Crippen LogP contribution in [0.2, 0.25) is 15.1 Å². The van der Waals surface area contributed by atoms with Crippen molar-refractivity contribution in [3.8, 4) is 5.75 Å². The van der Waals surface area contributed by atoms with Gasteiger partial charge in [0.05, 0.1) is 16.3 Å². The summed E-state index contributed by atoms with van der Waals surface area (Å²) in [5.41, 5.74) is 0.666. The Labute approximate surface area is 151 Å². The summed E-state index contributed by atoms with van der Waals surface area (Å²) >= 11 is 19.1. The fraction of sp³-hybridized carbons (Fsp3) is 0.125. The minimum Gasteiger partial charge on any atom is -0.426 e. The third-order valence-corrected chi connectivity index (χ3v) is 4.77. The van der Waals surface area contributed by atoms with Crippen LogP contribution in [0.3, 0.4) is 0 Å². The SMILES string of the molecule is CC(C(=O)Oc1cc(Cl)cc(Cl)c1)c1nsc2cc(Cl)ccc12. The van der Waals surface area contributed by atoms with Crippen LogP contribution in [0, 0.1) is 0 Å². The second-order valence-electron chi connectivity index (χ2n) is 4.96. The average molecular weight is 387 g/mol. The Morgan fingerprint density at radius 3 is 2.48 bits per heavy atom. The van der Waals surface area contributed by atoms with Crippen molar-refractivity contribution in [3.63, 3.8) is 0 Å². The van der Waals surface area contributed by atoms with Gasteiger partial charge < -0.3 is 4.74 Å². The van der Waals surface area contributed by atoms with Gasteiger partial charge in [0.25, 0.3) is 0 Å². The third kappa shape index (κ3) is 3.61. The molecule has 0 saturated carbocycles. The van der Waals surface area contributed by atoms with Gasteiger partial charge in [-0.15, -0.1) is 0 Å². The topological polar surface area (TPSA) is 39.2 Å². The van der Waals surface area contributed by atoms with Crippen molar-refractivity contribution < 1.29 is 9.53 Å². The standard InChI is InChI=1S/C16H10Cl3NO2S/c1-8(15-13-3-2-9(17)7-14(13)23-20-15)16(21)22-12-5-10(18)4-11(19)6-12/h2-8H,1H3. The molecule has 2 aromatic carbocycles. The van der Waals surface area contributed by atoms with Crippen LogP contribution in [0.15, 0.2) is 36.4 Å². The van der Waals surface area contributed by atoms with Gasteiger partial charge in [0.15, 0.2) is 0 Å². The van der Waals surface area contributed by atoms with Gasteiger partial charge >= 0.3 is 5.97 Å². The van der Waals surface area contributed by atoms with Gasteiger partial charge in [0.1, 0.15) is 5.75 Å². The molecular formula is C16H10Cl3NO2S. The van der Waals surface area contributed by atoms with Crippen LogP contribution in [0.25, 0.3) is 10.1 Å². The Bertz CT molecular complexity index is 874. The van der Waals surface area contributed by atoms with Crippen LogP contribution in [0.4, 0.5) is 0 Å². The van der Waals surface area contributed by atoms with Crippen molar-refractivity contribution in [1.82, 2.24) is 4.37 Å². The predicted octanol–water partition coefficient (Wildman–Crippen LogP) is 5.97. The molecule has 3 nitrogen and oxygen atoms in total. The lowest BCUT2D eigenvalue weighted by atomic mass is 10.0. The number of benzene rings is 2. The number of ether oxygens (including phenoxy) is 1. The van der Waals surface area contributed by atoms with Crippen molar-refractivity contribution in [2.75, 3.05) is 0 Å². The molecule has 0 aliphatic carbocycles. The van der Waals surface area contributed by atoms with Gasteiger partial charge in [-0.05, 0) is 48.8 Å². The first kappa shape index (κ1) is 16.5. The van der Waals surface area contributed by atoms with E-state index in [0.717, 1.165) is 10.1 Å². The fourth-order valence-electron chi connectivity index (χ4n) is 2.15. The largest absolute Gasteiger partial charge is 0.426 e. The van der Waals surface area contributed by atoms with E-state index >= 15 is 0 Å². The zero-order valence-electron chi connectivity index (χ0n) is 11.8. The zero-order valence-corrected chi connectivity index (χ0v) is 14.9. The molecule has 1 atom stereocenters. The van der Waals surface area contributed by atoms with Crippen molar-refractivity contribution >= 4 is 62.4 Å². The first-order valence-electron chi connectivity index (χ1n) is 6.66. The summed E-state index contributed by atoms with van der Waals surface area (Å²) in [4.78, 5) is 12.4. The van der Waals surface area contributed by atoms with Crippen molar-refractivity contribution in [3.05, 3.63) is 57.2 Å². The Morgan fingerprint density at radius 1 is 1.09 bits per heavy atom. The number of fused-ring (bicyclic) bond motifs is 1. The second kappa shape index (κ2) is 6.65. The maximum Gasteiger partial charge on any atom is 0.320 e. The van der Waals surface area contributed by atoms with E-state index in [1.165, 1.54) is 23.7 Å². The fourth-order valence-corrected chi connectivity index (χ4v) is 3.79. The molecule has 118 valence electrons. The molecule has 0 bridgehead atoms. The molecule has 0 aliphatic heterocycles. The molecule has 3 aromatic rings. The summed E-state index contributed by atoms with van der Waals surface area (Å²) in [7, 11) is 0. The molecule has 0 aliphatic rings. The molecule has 0 spiro atoms. The maximum atomic E-state index is 12.4. The molecular weight excluding hydrogens is 377 g/mol. The van der Waals surface area contributed by atoms with Gasteiger partial charge in [-0.2, -0.15) is 4.37 Å². The summed E-state index contributed by atoms with van der Waals surface area (Å²) < 4.78 is 10.7. The smallest absolute Gasteiger partial charge is 0.320 e. The van der Waals surface area contributed by atoms with Gasteiger partial charge in [-0.1, -0.05) is 40.9 Å². The first-order valence-corrected chi connectivity index (χ1v) is 8.57. The van der Waals surface area contributed by atoms with E-state index in [1.54, 1.807) is 19.1 Å². The molecule has 0 fully saturated rings. The highest BCUT2D eigenvalue weighted by molar-refractivity contribution is 7.13. The third-order valence-electron chi connectivity index (χ3n) is 3.28. The van der Waals surface area contributed by atoms with Crippen LogP contribution in [0.5, 0.6) is 5.75 Å². The minimum absolute atomic E-state index is 0.307. The van der Waals surface area contributed by atoms with Crippen molar-refractivity contribution in [2.45, 2.75) is 12.8 Å². The van der Waals surface area contributed by atoms with E-state index < -0.39 is 11.9 Å². The van der Waals surface area contributed by atoms with Gasteiger partial charge in [-0.25, -0.2) is 0 Å². The molecule has 0 amide bonds. The van der Waals surface area contributed by atoms with Crippen molar-refractivity contribution in [2.24, 2.45) is 0 Å². The monoisotopic (exact) mass is 385 g/mol. The Hall–Kier alpha value is -1.33. The minimum atomic E-state index is -0.525. The number of nitrogens with zero attached hydrogens (tertiary/aromatic N) is 1. The van der Waals surface area contributed by atoms with Gasteiger partial charge in [-0.3, -0.25) is 4.79 Å². The van der Waals surface area contributed by atoms with E-state index in [9.17, 15) is 4.79 Å². The quantitative estimate of drug-likeness (QED) is 0.411. The second-order valence-corrected chi connectivity index (χ2v) is 7.07. The van der Waals surface area contributed by atoms with Crippen LogP contribution in [-0.2, 0) is 4.79 Å². The molecule has 3 rings (SSSR count). The normalized spacial score (nSPS) is 12.3. The number of aromatic nitrogens is 1. The highest BCUT2D eigenvalue weighted by Gasteiger charge is 2.23. The summed E-state index contributed by atoms with van der Waals surface area (Å²) in [6.45, 7) is 1.75. The van der Waals surface area contributed by atoms with E-state index in [-0.39, 0.29) is 0 Å². The summed E-state index contributed by atoms with van der Waals surface area (Å²) in [5.74, 6) is -0.643. The summed E-state index contributed by atoms with van der Waals surface area (Å²) in [5, 5.41) is 2.34. The predicted molar refractivity (Wildman–Crippen MR) is 95.1 cm³/mol. The molecule has 7 heteroatoms. The molecule has 0 radical (unpaired) electrons.